The third kappa shape index (κ3) is 10.8. The quantitative estimate of drug-likeness (QED) is 0.106. The third-order valence-corrected chi connectivity index (χ3v) is 10.3. The highest BCUT2D eigenvalue weighted by Crippen LogP contribution is 2.22. The second-order valence-corrected chi connectivity index (χ2v) is 14.7. The minimum absolute atomic E-state index is 0.0302. The number of anilines is 2. The van der Waals surface area contributed by atoms with Gasteiger partial charge in [0.05, 0.1) is 25.3 Å². The van der Waals surface area contributed by atoms with E-state index in [4.69, 9.17) is 9.47 Å². The van der Waals surface area contributed by atoms with Crippen LogP contribution in [0.2, 0.25) is 0 Å². The van der Waals surface area contributed by atoms with Crippen LogP contribution in [0.4, 0.5) is 28.9 Å². The first-order valence-corrected chi connectivity index (χ1v) is 19.6. The van der Waals surface area contributed by atoms with Crippen molar-refractivity contribution >= 4 is 46.0 Å². The van der Waals surface area contributed by atoms with Crippen molar-refractivity contribution in [2.75, 3.05) is 38.1 Å². The second kappa shape index (κ2) is 20.0. The van der Waals surface area contributed by atoms with Crippen LogP contribution >= 0.6 is 0 Å². The maximum Gasteiger partial charge on any atom is 0.317 e. The van der Waals surface area contributed by atoms with Gasteiger partial charge in [0.15, 0.2) is 0 Å². The smallest absolute Gasteiger partial charge is 0.317 e. The van der Waals surface area contributed by atoms with Gasteiger partial charge in [-0.25, -0.2) is 17.6 Å². The van der Waals surface area contributed by atoms with E-state index in [1.165, 1.54) is 62.4 Å². The van der Waals surface area contributed by atoms with Crippen LogP contribution in [-0.4, -0.2) is 73.2 Å². The summed E-state index contributed by atoms with van der Waals surface area (Å²) >= 11 is 0. The van der Waals surface area contributed by atoms with Gasteiger partial charge >= 0.3 is 11.1 Å². The first-order valence-electron chi connectivity index (χ1n) is 19.6. The zero-order valence-corrected chi connectivity index (χ0v) is 34.9. The van der Waals surface area contributed by atoms with E-state index in [0.29, 0.717) is 35.0 Å². The summed E-state index contributed by atoms with van der Waals surface area (Å²) in [5.41, 5.74) is -1.51. The molecule has 1 heterocycles. The minimum atomic E-state index is -1.42. The molecule has 64 heavy (non-hydrogen) atoms. The van der Waals surface area contributed by atoms with E-state index in [-0.39, 0.29) is 35.0 Å². The number of nitrogens with one attached hydrogen (secondary N) is 2. The molecule has 0 fully saturated rings. The summed E-state index contributed by atoms with van der Waals surface area (Å²) in [6.45, 7) is -1.60. The summed E-state index contributed by atoms with van der Waals surface area (Å²) < 4.78 is 69.0. The molecule has 4 amide bonds. The Morgan fingerprint density at radius 1 is 0.547 bits per heavy atom. The highest BCUT2D eigenvalue weighted by Gasteiger charge is 2.29. The summed E-state index contributed by atoms with van der Waals surface area (Å²) in [5.74, 6) is -5.82. The molecule has 0 aliphatic heterocycles. The van der Waals surface area contributed by atoms with E-state index in [2.05, 4.69) is 10.6 Å². The Hall–Kier alpha value is -7.76. The van der Waals surface area contributed by atoms with Crippen molar-refractivity contribution in [2.24, 2.45) is 0 Å². The van der Waals surface area contributed by atoms with Crippen molar-refractivity contribution in [3.05, 3.63) is 164 Å². The molecule has 18 heteroatoms. The predicted octanol–water partition coefficient (Wildman–Crippen LogP) is 4.52. The average molecular weight is 883 g/mol. The number of fused-ring (bicyclic) bond motifs is 1. The largest absolute Gasteiger partial charge is 0.497 e. The van der Waals surface area contributed by atoms with Gasteiger partial charge in [0.1, 0.15) is 59.9 Å². The van der Waals surface area contributed by atoms with Crippen molar-refractivity contribution in [3.8, 4) is 11.5 Å². The molecule has 0 saturated heterocycles. The van der Waals surface area contributed by atoms with Crippen molar-refractivity contribution in [2.45, 2.75) is 38.0 Å². The molecule has 14 nitrogen and oxygen atoms in total. The van der Waals surface area contributed by atoms with Gasteiger partial charge in [0.25, 0.3) is 0 Å². The maximum atomic E-state index is 14.2. The van der Waals surface area contributed by atoms with Gasteiger partial charge in [-0.3, -0.25) is 37.9 Å². The molecule has 2 N–H and O–H groups in total. The van der Waals surface area contributed by atoms with Crippen molar-refractivity contribution in [1.29, 1.82) is 0 Å². The van der Waals surface area contributed by atoms with Gasteiger partial charge in [-0.05, 0) is 96.1 Å². The maximum absolute atomic E-state index is 14.2. The zero-order chi connectivity index (χ0) is 46.2. The van der Waals surface area contributed by atoms with Crippen LogP contribution in [0.5, 0.6) is 11.5 Å². The fourth-order valence-electron chi connectivity index (χ4n) is 7.11. The van der Waals surface area contributed by atoms with E-state index >= 15 is 0 Å². The van der Waals surface area contributed by atoms with Gasteiger partial charge in [0.2, 0.25) is 23.6 Å². The molecule has 0 spiro atoms. The van der Waals surface area contributed by atoms with Crippen molar-refractivity contribution in [3.63, 3.8) is 0 Å². The van der Waals surface area contributed by atoms with E-state index < -0.39 is 83.2 Å². The Balaban J connectivity index is 1.27. The number of ether oxygens (including phenoxy) is 2. The SMILES string of the molecule is COc1ccc(N(C)C(=O)[C@H](Cc2cc(F)cc(F)c2)NC(=O)Cn2c(=O)c(=O)n(CC(=O)N[C@@H](Cc3cc(F)cc(F)c3)C(=O)N(C)c3ccc(OC)cc3)c3ccccc32)cc1. The molecule has 0 radical (unpaired) electrons. The number of likely N-dealkylation sites (N-methyl/N-ethyl adjacent to an activating group) is 2. The minimum Gasteiger partial charge on any atom is -0.497 e. The highest BCUT2D eigenvalue weighted by molar-refractivity contribution is 6.00. The summed E-state index contributed by atoms with van der Waals surface area (Å²) in [4.78, 5) is 85.3. The monoisotopic (exact) mass is 882 g/mol. The van der Waals surface area contributed by atoms with Crippen LogP contribution in [0.1, 0.15) is 11.1 Å². The molecule has 0 aliphatic carbocycles. The summed E-state index contributed by atoms with van der Waals surface area (Å²) in [5, 5.41) is 5.10. The van der Waals surface area contributed by atoms with Crippen LogP contribution in [0.3, 0.4) is 0 Å². The first kappa shape index (κ1) is 45.8. The van der Waals surface area contributed by atoms with E-state index in [9.17, 15) is 46.3 Å². The van der Waals surface area contributed by atoms with Gasteiger partial charge < -0.3 is 29.9 Å². The molecule has 6 aromatic rings. The third-order valence-electron chi connectivity index (χ3n) is 10.3. The number of rotatable bonds is 16. The lowest BCUT2D eigenvalue weighted by Gasteiger charge is -2.26. The number of hydrogen-bond acceptors (Lipinski definition) is 8. The Morgan fingerprint density at radius 3 is 1.19 bits per heavy atom. The van der Waals surface area contributed by atoms with Crippen LogP contribution in [-0.2, 0) is 45.1 Å². The summed E-state index contributed by atoms with van der Waals surface area (Å²) in [7, 11) is 5.80. The fraction of sp³-hybridized carbons (Fsp3) is 0.217. The highest BCUT2D eigenvalue weighted by atomic mass is 19.1. The first-order chi connectivity index (χ1) is 30.5. The number of halogens is 4. The molecule has 0 saturated carbocycles. The van der Waals surface area contributed by atoms with Crippen molar-refractivity contribution in [1.82, 2.24) is 19.8 Å². The molecular weight excluding hydrogens is 841 g/mol. The zero-order valence-electron chi connectivity index (χ0n) is 34.9. The van der Waals surface area contributed by atoms with Crippen LogP contribution in [0, 0.1) is 23.3 Å². The van der Waals surface area contributed by atoms with Gasteiger partial charge in [-0.15, -0.1) is 0 Å². The predicted molar refractivity (Wildman–Crippen MR) is 229 cm³/mol. The number of aromatic nitrogens is 2. The molecule has 0 aliphatic rings. The Morgan fingerprint density at radius 2 is 0.875 bits per heavy atom. The summed E-state index contributed by atoms with van der Waals surface area (Å²) in [6.07, 6.45) is -0.723. The van der Waals surface area contributed by atoms with E-state index in [1.54, 1.807) is 48.5 Å². The standard InChI is InChI=1S/C46H42F4N6O8/c1-53(33-9-13-35(63-3)14-10-33)43(59)37(21-27-17-29(47)23-30(48)18-27)51-41(57)25-55-39-7-5-6-8-40(39)56(46(62)45(55)61)26-42(58)52-38(22-28-19-31(49)24-32(50)20-28)44(60)54(2)34-11-15-36(64-4)16-12-34/h5-20,23-24,37-38H,21-22,25-26H2,1-4H3,(H,51,57)(H,52,58)/t37-,38-/m0/s1. The summed E-state index contributed by atoms with van der Waals surface area (Å²) in [6, 6.07) is 21.1. The molecule has 332 valence electrons. The van der Waals surface area contributed by atoms with Gasteiger partial charge in [0, 0.05) is 50.4 Å². The average Bonchev–Trinajstić information content (AvgIpc) is 3.27. The number of hydrogen-bond donors (Lipinski definition) is 2. The lowest BCUT2D eigenvalue weighted by atomic mass is 10.0. The topological polar surface area (TPSA) is 161 Å². The van der Waals surface area contributed by atoms with Crippen LogP contribution in [0.25, 0.3) is 11.0 Å². The number of para-hydroxylation sites is 2. The molecule has 2 atom stereocenters. The molecule has 0 unspecified atom stereocenters. The molecule has 0 bridgehead atoms. The van der Waals surface area contributed by atoms with E-state index in [0.717, 1.165) is 33.4 Å². The Bertz CT molecular complexity index is 2600. The number of amides is 4. The molecule has 6 rings (SSSR count). The lowest BCUT2D eigenvalue weighted by Crippen LogP contribution is -2.52. The number of benzene rings is 5. The molecular formula is C46H42F4N6O8. The van der Waals surface area contributed by atoms with Gasteiger partial charge in [-0.2, -0.15) is 0 Å². The van der Waals surface area contributed by atoms with Crippen LogP contribution < -0.4 is 41.0 Å². The normalized spacial score (nSPS) is 11.9. The lowest BCUT2D eigenvalue weighted by molar-refractivity contribution is -0.127. The Labute approximate surface area is 363 Å². The number of nitrogens with zero attached hydrogens (tertiary/aromatic N) is 4. The second-order valence-electron chi connectivity index (χ2n) is 14.7. The number of methoxy groups -OCH3 is 2. The van der Waals surface area contributed by atoms with Crippen LogP contribution in [0.15, 0.2) is 119 Å². The molecule has 5 aromatic carbocycles. The fourth-order valence-corrected chi connectivity index (χ4v) is 7.11. The van der Waals surface area contributed by atoms with Crippen molar-refractivity contribution < 1.29 is 46.2 Å². The van der Waals surface area contributed by atoms with Gasteiger partial charge in [-0.1, -0.05) is 12.1 Å². The number of carbonyl (C=O) groups excluding carboxylic acids is 4. The van der Waals surface area contributed by atoms with E-state index in [1.807, 2.05) is 0 Å². The Kier molecular flexibility index (Phi) is 14.3. The molecule has 1 aromatic heterocycles. The number of carbonyl (C=O) groups is 4.